The van der Waals surface area contributed by atoms with Gasteiger partial charge in [-0.2, -0.15) is 13.2 Å². The summed E-state index contributed by atoms with van der Waals surface area (Å²) in [6, 6.07) is 1.45. The van der Waals surface area contributed by atoms with Crippen LogP contribution in [0.3, 0.4) is 0 Å². The van der Waals surface area contributed by atoms with E-state index in [4.69, 9.17) is 10.2 Å². The Morgan fingerprint density at radius 3 is 2.43 bits per heavy atom. The number of carbonyl (C=O) groups excluding carboxylic acids is 1. The number of carboxylic acid groups (broad SMARTS) is 1. The minimum Gasteiger partial charge on any atom is -0.480 e. The zero-order valence-electron chi connectivity index (χ0n) is 10.4. The quantitative estimate of drug-likeness (QED) is 0.741. The Morgan fingerprint density at radius 2 is 1.95 bits per heavy atom. The summed E-state index contributed by atoms with van der Waals surface area (Å²) in [7, 11) is 0. The van der Waals surface area contributed by atoms with Gasteiger partial charge >= 0.3 is 12.1 Å². The molecule has 1 rings (SSSR count). The predicted octanol–water partition coefficient (Wildman–Crippen LogP) is 2.03. The van der Waals surface area contributed by atoms with Gasteiger partial charge in [0.2, 0.25) is 0 Å². The summed E-state index contributed by atoms with van der Waals surface area (Å²) < 4.78 is 38.8. The number of benzene rings is 1. The van der Waals surface area contributed by atoms with Crippen LogP contribution in [0.5, 0.6) is 0 Å². The highest BCUT2D eigenvalue weighted by Gasteiger charge is 2.36. The number of alkyl halides is 3. The maximum absolute atomic E-state index is 12.9. The Balaban J connectivity index is 3.10. The number of aliphatic hydroxyl groups is 1. The molecule has 0 saturated heterocycles. The summed E-state index contributed by atoms with van der Waals surface area (Å²) in [6.45, 7) is -0.524. The van der Waals surface area contributed by atoms with Gasteiger partial charge in [-0.15, -0.1) is 0 Å². The van der Waals surface area contributed by atoms with Crippen molar-refractivity contribution in [2.45, 2.75) is 18.6 Å². The van der Waals surface area contributed by atoms with Crippen LogP contribution in [0, 0.1) is 0 Å². The van der Waals surface area contributed by atoms with Crippen LogP contribution in [0.25, 0.3) is 0 Å². The van der Waals surface area contributed by atoms with E-state index in [2.05, 4.69) is 15.9 Å². The van der Waals surface area contributed by atoms with Crippen molar-refractivity contribution in [2.75, 3.05) is 6.61 Å². The van der Waals surface area contributed by atoms with Crippen molar-refractivity contribution < 1.29 is 33.0 Å². The second-order valence-corrected chi connectivity index (χ2v) is 4.98. The largest absolute Gasteiger partial charge is 0.480 e. The van der Waals surface area contributed by atoms with Gasteiger partial charge in [0.05, 0.1) is 11.1 Å². The molecule has 3 N–H and O–H groups in total. The number of aliphatic hydroxyl groups excluding tert-OH is 1. The van der Waals surface area contributed by atoms with Crippen LogP contribution in [-0.4, -0.2) is 34.7 Å². The van der Waals surface area contributed by atoms with Crippen molar-refractivity contribution in [3.05, 3.63) is 33.8 Å². The Kier molecular flexibility index (Phi) is 5.73. The highest BCUT2D eigenvalue weighted by atomic mass is 79.9. The molecule has 0 saturated carbocycles. The number of aliphatic carboxylic acids is 1. The molecular weight excluding hydrogens is 359 g/mol. The topological polar surface area (TPSA) is 86.6 Å². The first-order chi connectivity index (χ1) is 9.66. The van der Waals surface area contributed by atoms with E-state index in [1.165, 1.54) is 6.07 Å². The van der Waals surface area contributed by atoms with Crippen LogP contribution >= 0.6 is 15.9 Å². The molecule has 9 heteroatoms. The minimum atomic E-state index is -4.76. The molecule has 0 aromatic heterocycles. The van der Waals surface area contributed by atoms with E-state index in [9.17, 15) is 22.8 Å². The minimum absolute atomic E-state index is 0.136. The molecule has 0 heterocycles. The Hall–Kier alpha value is -1.61. The van der Waals surface area contributed by atoms with Gasteiger partial charge in [0, 0.05) is 17.5 Å². The van der Waals surface area contributed by atoms with Crippen LogP contribution in [0.1, 0.15) is 22.3 Å². The van der Waals surface area contributed by atoms with Gasteiger partial charge in [0.1, 0.15) is 6.04 Å². The van der Waals surface area contributed by atoms with Crippen molar-refractivity contribution in [3.8, 4) is 0 Å². The predicted molar refractivity (Wildman–Crippen MR) is 69.7 cm³/mol. The normalized spacial score (nSPS) is 12.8. The number of rotatable bonds is 5. The lowest BCUT2D eigenvalue weighted by Crippen LogP contribution is -2.42. The first-order valence-electron chi connectivity index (χ1n) is 5.68. The lowest BCUT2D eigenvalue weighted by atomic mass is 10.1. The third-order valence-corrected chi connectivity index (χ3v) is 3.05. The molecule has 0 aliphatic rings. The van der Waals surface area contributed by atoms with E-state index in [-0.39, 0.29) is 10.9 Å². The molecule has 5 nitrogen and oxygen atoms in total. The molecule has 0 radical (unpaired) electrons. The van der Waals surface area contributed by atoms with Gasteiger partial charge in [-0.25, -0.2) is 4.79 Å². The van der Waals surface area contributed by atoms with Gasteiger partial charge in [-0.3, -0.25) is 4.79 Å². The number of nitrogens with one attached hydrogen (secondary N) is 1. The third kappa shape index (κ3) is 4.71. The number of hydrogen-bond donors (Lipinski definition) is 3. The smallest absolute Gasteiger partial charge is 0.417 e. The van der Waals surface area contributed by atoms with E-state index in [1.54, 1.807) is 0 Å². The van der Waals surface area contributed by atoms with Crippen LogP contribution in [0.4, 0.5) is 13.2 Å². The third-order valence-electron chi connectivity index (χ3n) is 2.55. The number of amides is 1. The van der Waals surface area contributed by atoms with Crippen molar-refractivity contribution in [1.29, 1.82) is 0 Å². The second-order valence-electron chi connectivity index (χ2n) is 4.06. The standard InChI is InChI=1S/C12H11BrF3NO4/c13-6-1-2-7(8(5-6)12(14,15)16)10(19)17-9(3-4-18)11(20)21/h1-2,5,9,18H,3-4H2,(H,17,19)(H,20,21)/t9-/m0/s1. The van der Waals surface area contributed by atoms with Crippen molar-refractivity contribution >= 4 is 27.8 Å². The second kappa shape index (κ2) is 6.90. The van der Waals surface area contributed by atoms with Gasteiger partial charge in [-0.1, -0.05) is 15.9 Å². The van der Waals surface area contributed by atoms with Crippen molar-refractivity contribution in [3.63, 3.8) is 0 Å². The van der Waals surface area contributed by atoms with Crippen molar-refractivity contribution in [2.24, 2.45) is 0 Å². The number of carboxylic acids is 1. The summed E-state index contributed by atoms with van der Waals surface area (Å²) >= 11 is 2.88. The molecule has 0 aliphatic carbocycles. The van der Waals surface area contributed by atoms with E-state index < -0.39 is 41.8 Å². The van der Waals surface area contributed by atoms with Gasteiger partial charge in [0.25, 0.3) is 5.91 Å². The fraction of sp³-hybridized carbons (Fsp3) is 0.333. The van der Waals surface area contributed by atoms with Gasteiger partial charge in [-0.05, 0) is 18.2 Å². The van der Waals surface area contributed by atoms with Crippen LogP contribution in [-0.2, 0) is 11.0 Å². The van der Waals surface area contributed by atoms with Crippen LogP contribution in [0.15, 0.2) is 22.7 Å². The molecule has 1 amide bonds. The summed E-state index contributed by atoms with van der Waals surface area (Å²) in [6.07, 6.45) is -5.06. The maximum atomic E-state index is 12.9. The molecular formula is C12H11BrF3NO4. The SMILES string of the molecule is O=C(N[C@@H](CCO)C(=O)O)c1ccc(Br)cc1C(F)(F)F. The van der Waals surface area contributed by atoms with Gasteiger partial charge in [0.15, 0.2) is 0 Å². The summed E-state index contributed by atoms with van der Waals surface area (Å²) in [5.74, 6) is -2.61. The summed E-state index contributed by atoms with van der Waals surface area (Å²) in [4.78, 5) is 22.7. The molecule has 1 atom stereocenters. The molecule has 0 spiro atoms. The number of hydrogen-bond acceptors (Lipinski definition) is 3. The maximum Gasteiger partial charge on any atom is 0.417 e. The highest BCUT2D eigenvalue weighted by molar-refractivity contribution is 9.10. The summed E-state index contributed by atoms with van der Waals surface area (Å²) in [5, 5.41) is 19.5. The van der Waals surface area contributed by atoms with Crippen LogP contribution in [0.2, 0.25) is 0 Å². The molecule has 1 aromatic rings. The average Bonchev–Trinajstić information content (AvgIpc) is 2.36. The Bertz CT molecular complexity index is 548. The molecule has 116 valence electrons. The van der Waals surface area contributed by atoms with E-state index in [0.717, 1.165) is 12.1 Å². The Labute approximate surface area is 125 Å². The molecule has 1 aromatic carbocycles. The molecule has 0 fully saturated rings. The first kappa shape index (κ1) is 17.4. The van der Waals surface area contributed by atoms with E-state index in [1.807, 2.05) is 5.32 Å². The molecule has 21 heavy (non-hydrogen) atoms. The fourth-order valence-corrected chi connectivity index (χ4v) is 1.93. The fourth-order valence-electron chi connectivity index (χ4n) is 1.57. The van der Waals surface area contributed by atoms with E-state index >= 15 is 0 Å². The van der Waals surface area contributed by atoms with Gasteiger partial charge < -0.3 is 15.5 Å². The lowest BCUT2D eigenvalue weighted by molar-refractivity contribution is -0.139. The highest BCUT2D eigenvalue weighted by Crippen LogP contribution is 2.33. The molecule has 0 unspecified atom stereocenters. The average molecular weight is 370 g/mol. The number of halogens is 4. The zero-order valence-corrected chi connectivity index (χ0v) is 12.0. The van der Waals surface area contributed by atoms with Crippen LogP contribution < -0.4 is 5.32 Å². The summed E-state index contributed by atoms with van der Waals surface area (Å²) in [5.41, 5.74) is -1.86. The molecule has 0 aliphatic heterocycles. The first-order valence-corrected chi connectivity index (χ1v) is 6.47. The van der Waals surface area contributed by atoms with Crippen molar-refractivity contribution in [1.82, 2.24) is 5.32 Å². The lowest BCUT2D eigenvalue weighted by Gasteiger charge is -2.16. The molecule has 0 bridgehead atoms. The Morgan fingerprint density at radius 1 is 1.33 bits per heavy atom. The zero-order chi connectivity index (χ0) is 16.2. The van der Waals surface area contributed by atoms with E-state index in [0.29, 0.717) is 0 Å². The number of carbonyl (C=O) groups is 2. The monoisotopic (exact) mass is 369 g/mol.